The van der Waals surface area contributed by atoms with E-state index in [1.54, 1.807) is 0 Å². The molecule has 3 aliphatic heterocycles. The van der Waals surface area contributed by atoms with Gasteiger partial charge in [0.15, 0.2) is 30.2 Å². The number of fused-ring (bicyclic) bond motifs is 1. The average molecular weight is 942 g/mol. The van der Waals surface area contributed by atoms with E-state index in [4.69, 9.17) is 37.6 Å². The molecular weight excluding hydrogens is 897 g/mol. The van der Waals surface area contributed by atoms with Gasteiger partial charge in [-0.15, -0.1) is 0 Å². The van der Waals surface area contributed by atoms with Crippen LogP contribution in [0.5, 0.6) is 28.7 Å². The lowest BCUT2D eigenvalue weighted by atomic mass is 9.98. The van der Waals surface area contributed by atoms with Crippen LogP contribution in [0.25, 0.3) is 28.4 Å². The minimum Gasteiger partial charge on any atom is -0.507 e. The van der Waals surface area contributed by atoms with Crippen molar-refractivity contribution in [3.63, 3.8) is 0 Å². The Hall–Kier alpha value is -5.45. The zero-order valence-corrected chi connectivity index (χ0v) is 33.8. The van der Waals surface area contributed by atoms with Gasteiger partial charge in [0.05, 0.1) is 30.4 Å². The van der Waals surface area contributed by atoms with Gasteiger partial charge in [-0.3, -0.25) is 0 Å². The van der Waals surface area contributed by atoms with Crippen LogP contribution >= 0.6 is 0 Å². The molecule has 4 aromatic rings. The largest absolute Gasteiger partial charge is 0.507 e. The fourth-order valence-electron chi connectivity index (χ4n) is 7.14. The lowest BCUT2D eigenvalue weighted by Gasteiger charge is -2.45. The second-order valence-electron chi connectivity index (χ2n) is 15.4. The van der Waals surface area contributed by atoms with Crippen molar-refractivity contribution in [3.8, 4) is 40.1 Å². The summed E-state index contributed by atoms with van der Waals surface area (Å²) in [6.45, 7) is -2.11. The molecule has 3 fully saturated rings. The Bertz CT molecular complexity index is 2370. The first kappa shape index (κ1) is 48.5. The number of aromatic hydroxyl groups is 4. The summed E-state index contributed by atoms with van der Waals surface area (Å²) >= 11 is 0. The molecule has 3 aliphatic rings. The third-order valence-corrected chi connectivity index (χ3v) is 10.8. The normalized spacial score (nSPS) is 31.8. The Morgan fingerprint density at radius 3 is 2.08 bits per heavy atom. The molecule has 0 saturated carbocycles. The molecule has 24 heteroatoms. The van der Waals surface area contributed by atoms with Crippen molar-refractivity contribution in [1.82, 2.24) is 0 Å². The molecule has 14 atom stereocenters. The summed E-state index contributed by atoms with van der Waals surface area (Å²) in [5.41, 5.74) is -0.779. The van der Waals surface area contributed by atoms with Gasteiger partial charge in [0.1, 0.15) is 84.5 Å². The maximum absolute atomic E-state index is 12.9. The van der Waals surface area contributed by atoms with Gasteiger partial charge in [-0.25, -0.2) is 9.21 Å². The van der Waals surface area contributed by atoms with E-state index in [2.05, 4.69) is 0 Å². The topological polar surface area (TPSA) is 336 Å². The standard InChI is InChI=1S/C42H43F3O21/c43-42(44,45)18-5-1-16(2-6-18)3-8-29(51)59-14-27-31(53)33(55)36(58)39(64-27)61-15-28-32(54)34(56)38(66-40-35(57)30(52)24(50)13-60-40)41(65-28)63-26-12-20-22(48)10-19(46)11-25(20)62-37(26)17-4-7-21(47)23(49)9-17/h1-12,24,27-28,30-36,38-41,50,52-58H,13-15H2,(H3-,46,47,48,49)/p+1/b8-3+/t24-,27-,28-,30+,31-,32+,33+,34+,35-,36-,38-,39-,40+,41-/m1/s1. The molecule has 3 aromatic carbocycles. The number of alkyl halides is 3. The highest BCUT2D eigenvalue weighted by Gasteiger charge is 2.52. The molecule has 358 valence electrons. The highest BCUT2D eigenvalue weighted by atomic mass is 19.4. The Kier molecular flexibility index (Phi) is 14.5. The molecule has 12 N–H and O–H groups in total. The minimum atomic E-state index is -4.57. The van der Waals surface area contributed by atoms with Crippen molar-refractivity contribution >= 4 is 23.0 Å². The molecule has 0 aliphatic carbocycles. The first-order valence-corrected chi connectivity index (χ1v) is 19.9. The molecular formula is C42H44F3O21+. The SMILES string of the molecule is O=C(/C=C/c1ccc(C(F)(F)F)cc1)OC[C@H]1O[C@@H](OC[C@H]2O[C@@H](Oc3cc4c(O)cc(O)cc4[o+]c3-c3ccc(O)c(O)c3)[C@H](O[C@@H]3OC[C@@H](O)[C@H](O)[C@H]3O)[C@@H](O)[C@H]2O)[C@H](O)[C@@H](O)[C@@H]1O. The van der Waals surface area contributed by atoms with Crippen LogP contribution in [-0.2, 0) is 39.4 Å². The van der Waals surface area contributed by atoms with Crippen LogP contribution in [0, 0.1) is 0 Å². The molecule has 1 aromatic heterocycles. The smallest absolute Gasteiger partial charge is 0.416 e. The fraction of sp³-hybridized carbons (Fsp3) is 0.429. The zero-order valence-electron chi connectivity index (χ0n) is 33.8. The highest BCUT2D eigenvalue weighted by Crippen LogP contribution is 2.43. The number of benzene rings is 3. The van der Waals surface area contributed by atoms with E-state index in [1.165, 1.54) is 12.1 Å². The van der Waals surface area contributed by atoms with Crippen LogP contribution < -0.4 is 4.74 Å². The quantitative estimate of drug-likeness (QED) is 0.0383. The Balaban J connectivity index is 1.11. The third-order valence-electron chi connectivity index (χ3n) is 10.8. The maximum atomic E-state index is 12.9. The Morgan fingerprint density at radius 2 is 1.38 bits per heavy atom. The fourth-order valence-corrected chi connectivity index (χ4v) is 7.14. The number of carbonyl (C=O) groups is 1. The summed E-state index contributed by atoms with van der Waals surface area (Å²) < 4.78 is 84.3. The molecule has 0 amide bonds. The van der Waals surface area contributed by atoms with Crippen LogP contribution in [-0.4, -0.2) is 173 Å². The van der Waals surface area contributed by atoms with Crippen molar-refractivity contribution in [2.45, 2.75) is 92.2 Å². The highest BCUT2D eigenvalue weighted by molar-refractivity contribution is 5.89. The molecule has 0 spiro atoms. The first-order valence-electron chi connectivity index (χ1n) is 19.9. The van der Waals surface area contributed by atoms with Crippen LogP contribution in [0.15, 0.2) is 71.2 Å². The van der Waals surface area contributed by atoms with Gasteiger partial charge < -0.3 is 94.4 Å². The molecule has 4 heterocycles. The van der Waals surface area contributed by atoms with E-state index in [1.807, 2.05) is 0 Å². The van der Waals surface area contributed by atoms with Gasteiger partial charge in [0.25, 0.3) is 0 Å². The van der Waals surface area contributed by atoms with Crippen molar-refractivity contribution in [2.24, 2.45) is 0 Å². The Labute approximate surface area is 369 Å². The second-order valence-corrected chi connectivity index (χ2v) is 15.4. The van der Waals surface area contributed by atoms with Gasteiger partial charge >= 0.3 is 23.5 Å². The summed E-state index contributed by atoms with van der Waals surface area (Å²) in [5.74, 6) is -3.67. The molecule has 7 rings (SSSR count). The summed E-state index contributed by atoms with van der Waals surface area (Å²) in [6, 6.07) is 10.6. The summed E-state index contributed by atoms with van der Waals surface area (Å²) in [7, 11) is 0. The van der Waals surface area contributed by atoms with E-state index in [9.17, 15) is 79.2 Å². The predicted molar refractivity (Wildman–Crippen MR) is 211 cm³/mol. The van der Waals surface area contributed by atoms with Gasteiger partial charge in [-0.05, 0) is 35.9 Å². The molecule has 0 bridgehead atoms. The molecule has 66 heavy (non-hydrogen) atoms. The number of hydrogen-bond donors (Lipinski definition) is 12. The van der Waals surface area contributed by atoms with E-state index < -0.39 is 147 Å². The number of hydrogen-bond acceptors (Lipinski definition) is 20. The minimum absolute atomic E-state index is 0.0292. The number of ether oxygens (including phenoxy) is 7. The third kappa shape index (κ3) is 10.6. The van der Waals surface area contributed by atoms with Crippen molar-refractivity contribution in [2.75, 3.05) is 19.8 Å². The van der Waals surface area contributed by atoms with Gasteiger partial charge in [-0.1, -0.05) is 12.1 Å². The Morgan fingerprint density at radius 1 is 0.712 bits per heavy atom. The number of rotatable bonds is 12. The van der Waals surface area contributed by atoms with Gasteiger partial charge in [0, 0.05) is 24.3 Å². The van der Waals surface area contributed by atoms with Crippen LogP contribution in [0.2, 0.25) is 0 Å². The lowest BCUT2D eigenvalue weighted by molar-refractivity contribution is -0.353. The lowest BCUT2D eigenvalue weighted by Crippen LogP contribution is -2.64. The maximum Gasteiger partial charge on any atom is 0.416 e. The predicted octanol–water partition coefficient (Wildman–Crippen LogP) is -0.0474. The van der Waals surface area contributed by atoms with Gasteiger partial charge in [0.2, 0.25) is 12.0 Å². The van der Waals surface area contributed by atoms with Crippen molar-refractivity contribution in [1.29, 1.82) is 0 Å². The van der Waals surface area contributed by atoms with Crippen molar-refractivity contribution in [3.05, 3.63) is 77.9 Å². The first-order chi connectivity index (χ1) is 31.2. The number of phenols is 4. The summed E-state index contributed by atoms with van der Waals surface area (Å²) in [4.78, 5) is 12.5. The average Bonchev–Trinajstić information content (AvgIpc) is 3.27. The molecule has 21 nitrogen and oxygen atoms in total. The molecule has 0 radical (unpaired) electrons. The van der Waals surface area contributed by atoms with Crippen LogP contribution in [0.4, 0.5) is 13.2 Å². The number of esters is 1. The van der Waals surface area contributed by atoms with E-state index >= 15 is 0 Å². The van der Waals surface area contributed by atoms with E-state index in [0.29, 0.717) is 0 Å². The summed E-state index contributed by atoms with van der Waals surface area (Å²) in [5, 5.41) is 127. The number of carbonyl (C=O) groups excluding carboxylic acids is 1. The van der Waals surface area contributed by atoms with E-state index in [-0.39, 0.29) is 33.6 Å². The second kappa shape index (κ2) is 19.8. The molecule has 0 unspecified atom stereocenters. The number of phenolic OH excluding ortho intramolecular Hbond substituents is 4. The number of halogens is 3. The van der Waals surface area contributed by atoms with Crippen molar-refractivity contribution < 1.29 is 117 Å². The summed E-state index contributed by atoms with van der Waals surface area (Å²) in [6.07, 6.45) is -28.3. The van der Waals surface area contributed by atoms with Gasteiger partial charge in [-0.2, -0.15) is 13.2 Å². The van der Waals surface area contributed by atoms with Crippen LogP contribution in [0.1, 0.15) is 11.1 Å². The van der Waals surface area contributed by atoms with Crippen LogP contribution in [0.3, 0.4) is 0 Å². The number of aliphatic hydroxyl groups excluding tert-OH is 8. The monoisotopic (exact) mass is 941 g/mol. The van der Waals surface area contributed by atoms with E-state index in [0.717, 1.165) is 60.7 Å². The number of aliphatic hydroxyl groups is 8. The zero-order chi connectivity index (χ0) is 47.8. The molecule has 3 saturated heterocycles.